The molecule has 6 aromatic heterocycles. The van der Waals surface area contributed by atoms with Crippen LogP contribution in [0.5, 0.6) is 5.88 Å². The van der Waals surface area contributed by atoms with Gasteiger partial charge >= 0.3 is 124 Å². The molecule has 0 saturated carbocycles. The number of nitro benzene ring substituents is 1. The number of phosphoric acid groups is 4. The van der Waals surface area contributed by atoms with Gasteiger partial charge in [-0.2, -0.15) is 4.98 Å². The molecule has 11 N–H and O–H groups in total. The Labute approximate surface area is 615 Å². The third kappa shape index (κ3) is 17.6. The number of nitrogens with two attached hydrogens (primary N) is 3. The molecule has 9 heterocycles. The third-order valence-corrected chi connectivity index (χ3v) is 19.0. The molecule has 0 radical (unpaired) electrons. The second-order valence-electron chi connectivity index (χ2n) is 21.1. The maximum atomic E-state index is 13.5. The minimum Gasteiger partial charge on any atom is -0.856 e. The monoisotopic (exact) mass is 1440 g/mol. The number of hydrogen-bond donors (Lipinski definition) is 8. The summed E-state index contributed by atoms with van der Waals surface area (Å²) in [4.78, 5) is 106. The molecule has 0 aliphatic carbocycles. The second-order valence-corrected chi connectivity index (χ2v) is 27.0. The van der Waals surface area contributed by atoms with Crippen molar-refractivity contribution < 1.29 is 241 Å². The first kappa shape index (κ1) is 80.4. The van der Waals surface area contributed by atoms with Gasteiger partial charge in [0.15, 0.2) is 46.9 Å². The molecule has 3 aliphatic rings. The van der Waals surface area contributed by atoms with E-state index in [4.69, 9.17) is 54.5 Å². The topological polar surface area (TPSA) is 629 Å². The van der Waals surface area contributed by atoms with Crippen molar-refractivity contribution >= 4 is 88.2 Å². The van der Waals surface area contributed by atoms with Crippen molar-refractivity contribution in [3.05, 3.63) is 75.6 Å². The quantitative estimate of drug-likeness (QED) is 0.00695. The number of nitrogens with zero attached hydrogens (tertiary/aromatic N) is 12. The molecule has 7 aromatic rings. The molecule has 17 atom stereocenters. The van der Waals surface area contributed by atoms with Gasteiger partial charge < -0.3 is 104 Å². The number of aliphatic hydroxyl groups is 4. The Hall–Kier alpha value is -2.57. The van der Waals surface area contributed by atoms with Crippen LogP contribution in [0.4, 0.5) is 23.4 Å². The van der Waals surface area contributed by atoms with Crippen molar-refractivity contribution in [3.8, 4) is 5.88 Å². The van der Waals surface area contributed by atoms with Crippen molar-refractivity contribution in [2.24, 2.45) is 12.5 Å². The first-order valence-electron chi connectivity index (χ1n) is 25.9. The molecule has 1 aromatic carbocycles. The average Bonchev–Trinajstić information content (AvgIpc) is 1.61. The SMILES string of the molecule is Cn1c[n+]([C@@H]2O[C@H](COP(=O)([O-])OP(=O)([O-])OP(=O)([O-])OC[C@H]3O[C@@H](n4cnc5c(N)ncnc54)C(O)[C@H]3OP(=O)([O-])OC[C@H]3O[C@@H](n4cnc5c(=O)[nH]c(N)nc54)C(O)[C@H]3O)[C@H](O)C2OCOC(c2ccccc2[N+](=O)[O-])C(C)(C)C)c2nc(N)nc([O-])c21.[Na+].[Na+].[Na+].[Na+]. The molecule has 490 valence electrons. The molecular weight excluding hydrogens is 1390 g/mol. The van der Waals surface area contributed by atoms with Crippen LogP contribution >= 0.6 is 31.3 Å². The van der Waals surface area contributed by atoms with Gasteiger partial charge in [0.05, 0.1) is 56.1 Å². The van der Waals surface area contributed by atoms with Crippen molar-refractivity contribution in [2.45, 2.75) is 100 Å². The largest absolute Gasteiger partial charge is 1.00 e. The second kappa shape index (κ2) is 31.5. The van der Waals surface area contributed by atoms with Gasteiger partial charge in [0, 0.05) is 11.9 Å². The zero-order valence-corrected chi connectivity index (χ0v) is 62.1. The molecule has 0 amide bonds. The summed E-state index contributed by atoms with van der Waals surface area (Å²) in [5.74, 6) is -1.88. The average molecular weight is 1440 g/mol. The van der Waals surface area contributed by atoms with Crippen molar-refractivity contribution in [1.82, 2.24) is 53.6 Å². The maximum absolute atomic E-state index is 13.5. The summed E-state index contributed by atoms with van der Waals surface area (Å²) in [6.07, 6.45) is -19.3. The number of hydrogen-bond acceptors (Lipinski definition) is 37. The predicted molar refractivity (Wildman–Crippen MR) is 282 cm³/mol. The molecule has 51 heteroatoms. The van der Waals surface area contributed by atoms with Gasteiger partial charge in [-0.3, -0.25) is 51.9 Å². The first-order chi connectivity index (χ1) is 42.1. The number of nitrogen functional groups attached to an aromatic ring is 3. The Bertz CT molecular complexity index is 4140. The molecule has 3 saturated heterocycles. The molecule has 10 rings (SSSR count). The van der Waals surface area contributed by atoms with E-state index in [1.54, 1.807) is 26.8 Å². The number of rotatable bonds is 24. The molecule has 0 spiro atoms. The number of aromatic nitrogens is 12. The Morgan fingerprint density at radius 1 is 0.734 bits per heavy atom. The van der Waals surface area contributed by atoms with Gasteiger partial charge in [-0.1, -0.05) is 37.9 Å². The van der Waals surface area contributed by atoms with E-state index in [-0.39, 0.29) is 175 Å². The number of nitrogens with one attached hydrogen (secondary N) is 1. The molecule has 0 bridgehead atoms. The van der Waals surface area contributed by atoms with Crippen LogP contribution in [0.3, 0.4) is 0 Å². The van der Waals surface area contributed by atoms with Gasteiger partial charge in [-0.05, 0) is 11.5 Å². The van der Waals surface area contributed by atoms with Crippen molar-refractivity contribution in [1.29, 1.82) is 0 Å². The molecule has 8 unspecified atom stereocenters. The van der Waals surface area contributed by atoms with Gasteiger partial charge in [0.25, 0.3) is 48.5 Å². The number of aliphatic hydroxyl groups excluding tert-OH is 4. The fourth-order valence-electron chi connectivity index (χ4n) is 10.0. The third-order valence-electron chi connectivity index (χ3n) is 13.9. The molecule has 94 heavy (non-hydrogen) atoms. The van der Waals surface area contributed by atoms with E-state index in [1.165, 1.54) is 36.1 Å². The van der Waals surface area contributed by atoms with Crippen LogP contribution < -0.4 is 170 Å². The fraction of sp³-hybridized carbons (Fsp3) is 0.512. The molecule has 3 aliphatic heterocycles. The summed E-state index contributed by atoms with van der Waals surface area (Å²) in [5.41, 5.74) is 14.6. The van der Waals surface area contributed by atoms with E-state index >= 15 is 0 Å². The van der Waals surface area contributed by atoms with Gasteiger partial charge in [-0.15, -0.1) is 0 Å². The van der Waals surface area contributed by atoms with Gasteiger partial charge in [0.2, 0.25) is 12.2 Å². The number of H-pyrrole nitrogens is 1. The Balaban J connectivity index is 0.00000350. The van der Waals surface area contributed by atoms with E-state index in [0.717, 1.165) is 32.7 Å². The normalized spacial score (nSPS) is 26.7. The Morgan fingerprint density at radius 2 is 1.31 bits per heavy atom. The van der Waals surface area contributed by atoms with E-state index in [9.17, 15) is 78.3 Å². The number of ether oxygens (including phenoxy) is 5. The van der Waals surface area contributed by atoms with E-state index in [0.29, 0.717) is 0 Å². The zero-order valence-electron chi connectivity index (χ0n) is 50.5. The van der Waals surface area contributed by atoms with Crippen LogP contribution in [0.15, 0.2) is 54.4 Å². The standard InChI is InChI=1S/C43H56N16O27P4.4Na/c1-43(2,3)31(17-7-5-6-8-18(17)59(66)67)77-16-76-30-26(61)20(82-40(30)58-15-55(4)24-35(58)52-42(46)54-37(24)65)10-79-88(70,71)85-90(74,75)86-89(72,73)80-11-21-29(28(63)39(83-21)56-13-49-22-32(44)47-12-48-33(22)56)84-87(68,69)78-9-19-25(60)27(62)38(81-19)57-14-50-23-34(57)51-41(45)53-36(23)64;;;;/h5-8,12-15,19-21,25-31,38-40,60-63H,9-11,16H2,1-4H3,(H11-,44,45,46,47,48,51,52,53,54,64,65,68,69,70,71,72,73,74,75);;;;/q;4*+1/p-4/t19-,20-,21-,25+,26+,27?,28?,29+,30?,31?,38-,39-,40-;;;;/m1..../s1. The minimum absolute atomic E-state index is 0. The number of anilines is 3. The van der Waals surface area contributed by atoms with Gasteiger partial charge in [-0.25, -0.2) is 38.1 Å². The number of phosphoric ester groups is 3. The number of aromatic amines is 1. The zero-order chi connectivity index (χ0) is 65.3. The predicted octanol–water partition coefficient (Wildman–Crippen LogP) is -16.4. The van der Waals surface area contributed by atoms with E-state index in [1.807, 2.05) is 0 Å². The van der Waals surface area contributed by atoms with Gasteiger partial charge in [0.1, 0.15) is 73.6 Å². The smallest absolute Gasteiger partial charge is 0.856 e. The molecule has 3 fully saturated rings. The summed E-state index contributed by atoms with van der Waals surface area (Å²) in [6.45, 7) is 0.396. The molecular formula is C43H52N16Na4O27P4. The number of benzene rings is 1. The summed E-state index contributed by atoms with van der Waals surface area (Å²) in [6, 6.07) is 5.70. The van der Waals surface area contributed by atoms with Crippen LogP contribution in [0.2, 0.25) is 0 Å². The molecule has 43 nitrogen and oxygen atoms in total. The van der Waals surface area contributed by atoms with Crippen molar-refractivity contribution in [2.75, 3.05) is 43.8 Å². The Kier molecular flexibility index (Phi) is 27.0. The first-order valence-corrected chi connectivity index (χ1v) is 31.8. The summed E-state index contributed by atoms with van der Waals surface area (Å²) in [7, 11) is -23.9. The van der Waals surface area contributed by atoms with Crippen molar-refractivity contribution in [3.63, 3.8) is 0 Å². The van der Waals surface area contributed by atoms with Crippen LogP contribution in [-0.4, -0.2) is 160 Å². The van der Waals surface area contributed by atoms with E-state index < -0.39 is 165 Å². The maximum Gasteiger partial charge on any atom is 1.00 e. The fourth-order valence-corrected chi connectivity index (χ4v) is 14.3. The summed E-state index contributed by atoms with van der Waals surface area (Å²) >= 11 is 0. The van der Waals surface area contributed by atoms with Crippen LogP contribution in [-0.2, 0) is 75.7 Å². The Morgan fingerprint density at radius 3 is 1.95 bits per heavy atom. The number of nitro groups is 1. The summed E-state index contributed by atoms with van der Waals surface area (Å²) < 4.78 is 114. The number of para-hydroxylation sites is 1. The summed E-state index contributed by atoms with van der Waals surface area (Å²) in [5, 5.41) is 69.8. The number of aryl methyl sites for hydroxylation is 1. The number of imidazole rings is 3. The minimum atomic E-state index is -6.72. The van der Waals surface area contributed by atoms with Crippen LogP contribution in [0.1, 0.15) is 51.1 Å². The van der Waals surface area contributed by atoms with Crippen LogP contribution in [0, 0.1) is 15.5 Å². The number of fused-ring (bicyclic) bond motifs is 3. The van der Waals surface area contributed by atoms with Crippen LogP contribution in [0.25, 0.3) is 33.5 Å². The van der Waals surface area contributed by atoms with E-state index in [2.05, 4.69) is 53.0 Å².